The lowest BCUT2D eigenvalue weighted by Gasteiger charge is -2.21. The highest BCUT2D eigenvalue weighted by Crippen LogP contribution is 2.29. The van der Waals surface area contributed by atoms with E-state index < -0.39 is 24.7 Å². The van der Waals surface area contributed by atoms with E-state index in [1.54, 1.807) is 12.1 Å². The van der Waals surface area contributed by atoms with Gasteiger partial charge in [-0.1, -0.05) is 32.9 Å². The molecule has 1 aromatic carbocycles. The van der Waals surface area contributed by atoms with Gasteiger partial charge in [-0.3, -0.25) is 4.79 Å². The molecule has 0 spiro atoms. The molecule has 0 saturated carbocycles. The van der Waals surface area contributed by atoms with Gasteiger partial charge in [-0.2, -0.15) is 13.2 Å². The molecule has 0 aromatic heterocycles. The van der Waals surface area contributed by atoms with Crippen molar-refractivity contribution in [2.75, 3.05) is 6.61 Å². The molecule has 0 aliphatic rings. The SMILES string of the molecule is CC(C)(C)c1cccc(OCC(C(=O)O)C(F)(F)F)c1. The zero-order chi connectivity index (χ0) is 15.6. The normalized spacial score (nSPS) is 13.9. The second kappa shape index (κ2) is 5.73. The number of benzene rings is 1. The lowest BCUT2D eigenvalue weighted by Crippen LogP contribution is -2.35. The molecule has 0 amide bonds. The van der Waals surface area contributed by atoms with Crippen LogP contribution in [-0.2, 0) is 10.2 Å². The van der Waals surface area contributed by atoms with E-state index in [1.165, 1.54) is 6.07 Å². The van der Waals surface area contributed by atoms with E-state index in [0.717, 1.165) is 5.56 Å². The number of halogens is 3. The third kappa shape index (κ3) is 4.43. The number of hydrogen-bond donors (Lipinski definition) is 1. The summed E-state index contributed by atoms with van der Waals surface area (Å²) in [6, 6.07) is 6.63. The first-order valence-electron chi connectivity index (χ1n) is 6.04. The van der Waals surface area contributed by atoms with Gasteiger partial charge in [0.05, 0.1) is 0 Å². The fourth-order valence-corrected chi connectivity index (χ4v) is 1.54. The van der Waals surface area contributed by atoms with Gasteiger partial charge in [-0.15, -0.1) is 0 Å². The molecule has 1 aromatic rings. The maximum Gasteiger partial charge on any atom is 0.405 e. The van der Waals surface area contributed by atoms with Gasteiger partial charge in [0.2, 0.25) is 0 Å². The predicted molar refractivity (Wildman–Crippen MR) is 67.8 cm³/mol. The fourth-order valence-electron chi connectivity index (χ4n) is 1.54. The summed E-state index contributed by atoms with van der Waals surface area (Å²) in [5.74, 6) is -4.24. The summed E-state index contributed by atoms with van der Waals surface area (Å²) >= 11 is 0. The minimum Gasteiger partial charge on any atom is -0.492 e. The van der Waals surface area contributed by atoms with Crippen molar-refractivity contribution in [1.29, 1.82) is 0 Å². The largest absolute Gasteiger partial charge is 0.492 e. The summed E-state index contributed by atoms with van der Waals surface area (Å²) in [7, 11) is 0. The molecule has 0 bridgehead atoms. The van der Waals surface area contributed by atoms with Crippen LogP contribution in [0, 0.1) is 5.92 Å². The van der Waals surface area contributed by atoms with Crippen LogP contribution in [0.4, 0.5) is 13.2 Å². The molecule has 20 heavy (non-hydrogen) atoms. The highest BCUT2D eigenvalue weighted by Gasteiger charge is 2.45. The summed E-state index contributed by atoms with van der Waals surface area (Å²) in [4.78, 5) is 10.6. The van der Waals surface area contributed by atoms with Crippen molar-refractivity contribution in [2.45, 2.75) is 32.4 Å². The Labute approximate surface area is 115 Å². The molecule has 0 fully saturated rings. The number of carboxylic acids is 1. The van der Waals surface area contributed by atoms with Crippen LogP contribution in [-0.4, -0.2) is 23.9 Å². The Kier molecular flexibility index (Phi) is 4.68. The van der Waals surface area contributed by atoms with Gasteiger partial charge >= 0.3 is 12.1 Å². The van der Waals surface area contributed by atoms with Gasteiger partial charge < -0.3 is 9.84 Å². The summed E-state index contributed by atoms with van der Waals surface area (Å²) in [6.45, 7) is 4.94. The molecule has 112 valence electrons. The molecule has 1 unspecified atom stereocenters. The number of aliphatic carboxylic acids is 1. The molecule has 0 radical (unpaired) electrons. The standard InChI is InChI=1S/C14H17F3O3/c1-13(2,3)9-5-4-6-10(7-9)20-8-11(12(18)19)14(15,16)17/h4-7,11H,8H2,1-3H3,(H,18,19). The van der Waals surface area contributed by atoms with Crippen LogP contribution in [0.15, 0.2) is 24.3 Å². The monoisotopic (exact) mass is 290 g/mol. The zero-order valence-corrected chi connectivity index (χ0v) is 11.5. The third-order valence-electron chi connectivity index (χ3n) is 2.81. The van der Waals surface area contributed by atoms with Crippen LogP contribution < -0.4 is 4.74 Å². The first-order chi connectivity index (χ1) is 9.01. The Balaban J connectivity index is 2.82. The first kappa shape index (κ1) is 16.3. The Morgan fingerprint density at radius 3 is 2.35 bits per heavy atom. The van der Waals surface area contributed by atoms with Gasteiger partial charge in [-0.25, -0.2) is 0 Å². The molecule has 1 N–H and O–H groups in total. The van der Waals surface area contributed by atoms with Crippen LogP contribution in [0.25, 0.3) is 0 Å². The number of rotatable bonds is 4. The van der Waals surface area contributed by atoms with Crippen LogP contribution in [0.5, 0.6) is 5.75 Å². The summed E-state index contributed by atoms with van der Waals surface area (Å²) in [5, 5.41) is 8.57. The summed E-state index contributed by atoms with van der Waals surface area (Å²) in [5.41, 5.74) is 0.726. The van der Waals surface area contributed by atoms with E-state index in [4.69, 9.17) is 9.84 Å². The smallest absolute Gasteiger partial charge is 0.405 e. The van der Waals surface area contributed by atoms with Crippen molar-refractivity contribution in [1.82, 2.24) is 0 Å². The molecule has 0 aliphatic carbocycles. The molecule has 1 atom stereocenters. The topological polar surface area (TPSA) is 46.5 Å². The first-order valence-corrected chi connectivity index (χ1v) is 6.04. The molecule has 6 heteroatoms. The Morgan fingerprint density at radius 2 is 1.90 bits per heavy atom. The van der Waals surface area contributed by atoms with Crippen molar-refractivity contribution in [3.05, 3.63) is 29.8 Å². The number of ether oxygens (including phenoxy) is 1. The van der Waals surface area contributed by atoms with E-state index >= 15 is 0 Å². The van der Waals surface area contributed by atoms with Gasteiger partial charge in [0, 0.05) is 0 Å². The van der Waals surface area contributed by atoms with E-state index in [-0.39, 0.29) is 11.2 Å². The number of alkyl halides is 3. The molecular weight excluding hydrogens is 273 g/mol. The maximum atomic E-state index is 12.5. The van der Waals surface area contributed by atoms with Crippen molar-refractivity contribution < 1.29 is 27.8 Å². The zero-order valence-electron chi connectivity index (χ0n) is 11.5. The van der Waals surface area contributed by atoms with Gasteiger partial charge in [0.1, 0.15) is 12.4 Å². The average molecular weight is 290 g/mol. The molecule has 1 rings (SSSR count). The van der Waals surface area contributed by atoms with E-state index in [0.29, 0.717) is 0 Å². The number of carboxylic acid groups (broad SMARTS) is 1. The van der Waals surface area contributed by atoms with Crippen LogP contribution in [0.3, 0.4) is 0 Å². The minimum absolute atomic E-state index is 0.171. The van der Waals surface area contributed by atoms with E-state index in [2.05, 4.69) is 0 Å². The van der Waals surface area contributed by atoms with Gasteiger partial charge in [0.15, 0.2) is 5.92 Å². The predicted octanol–water partition coefficient (Wildman–Crippen LogP) is 3.63. The molecule has 0 aliphatic heterocycles. The Hall–Kier alpha value is -1.72. The molecule has 0 saturated heterocycles. The lowest BCUT2D eigenvalue weighted by atomic mass is 9.87. The highest BCUT2D eigenvalue weighted by atomic mass is 19.4. The second-order valence-corrected chi connectivity index (χ2v) is 5.52. The molecule has 0 heterocycles. The van der Waals surface area contributed by atoms with Gasteiger partial charge in [-0.05, 0) is 23.1 Å². The summed E-state index contributed by atoms with van der Waals surface area (Å²) in [6.07, 6.45) is -4.83. The highest BCUT2D eigenvalue weighted by molar-refractivity contribution is 5.71. The van der Waals surface area contributed by atoms with Crippen molar-refractivity contribution in [3.8, 4) is 5.75 Å². The number of carbonyl (C=O) groups is 1. The van der Waals surface area contributed by atoms with Gasteiger partial charge in [0.25, 0.3) is 0 Å². The van der Waals surface area contributed by atoms with E-state index in [9.17, 15) is 18.0 Å². The fraction of sp³-hybridized carbons (Fsp3) is 0.500. The van der Waals surface area contributed by atoms with Crippen LogP contribution in [0.1, 0.15) is 26.3 Å². The quantitative estimate of drug-likeness (QED) is 0.921. The van der Waals surface area contributed by atoms with Crippen molar-refractivity contribution in [2.24, 2.45) is 5.92 Å². The van der Waals surface area contributed by atoms with Crippen molar-refractivity contribution in [3.63, 3.8) is 0 Å². The Bertz CT molecular complexity index is 475. The number of hydrogen-bond acceptors (Lipinski definition) is 2. The van der Waals surface area contributed by atoms with E-state index in [1.807, 2.05) is 26.8 Å². The maximum absolute atomic E-state index is 12.5. The Morgan fingerprint density at radius 1 is 1.30 bits per heavy atom. The average Bonchev–Trinajstić information content (AvgIpc) is 2.26. The van der Waals surface area contributed by atoms with Crippen LogP contribution >= 0.6 is 0 Å². The van der Waals surface area contributed by atoms with Crippen LogP contribution in [0.2, 0.25) is 0 Å². The molecular formula is C14H17F3O3. The lowest BCUT2D eigenvalue weighted by molar-refractivity contribution is -0.198. The second-order valence-electron chi connectivity index (χ2n) is 5.52. The van der Waals surface area contributed by atoms with Crippen molar-refractivity contribution >= 4 is 5.97 Å². The summed E-state index contributed by atoms with van der Waals surface area (Å²) < 4.78 is 42.4. The third-order valence-corrected chi connectivity index (χ3v) is 2.81. The minimum atomic E-state index is -4.83. The molecule has 3 nitrogen and oxygen atoms in total.